The van der Waals surface area contributed by atoms with Crippen LogP contribution in [-0.4, -0.2) is 27.7 Å². The number of thioether (sulfide) groups is 1. The van der Waals surface area contributed by atoms with E-state index in [1.165, 1.54) is 5.56 Å². The zero-order valence-electron chi connectivity index (χ0n) is 15.9. The van der Waals surface area contributed by atoms with Crippen LogP contribution in [0.4, 0.5) is 0 Å². The number of hydrogen-bond donors (Lipinski definition) is 0. The fraction of sp³-hybridized carbons (Fsp3) is 0.286. The van der Waals surface area contributed by atoms with Crippen molar-refractivity contribution in [3.05, 3.63) is 71.5 Å². The van der Waals surface area contributed by atoms with Crippen LogP contribution in [0.2, 0.25) is 0 Å². The number of benzene rings is 2. The SMILES string of the molecule is Cc1nnc(SCc2ccccc2)n1/N=C\c1ccccc1OCC(C)C. The summed E-state index contributed by atoms with van der Waals surface area (Å²) in [5.41, 5.74) is 2.18. The number of nitrogens with zero attached hydrogens (tertiary/aromatic N) is 4. The molecule has 0 aliphatic rings. The molecule has 0 aliphatic heterocycles. The van der Waals surface area contributed by atoms with Crippen LogP contribution in [0.25, 0.3) is 0 Å². The maximum atomic E-state index is 5.90. The molecular formula is C21H24N4OS. The lowest BCUT2D eigenvalue weighted by molar-refractivity contribution is 0.270. The van der Waals surface area contributed by atoms with E-state index < -0.39 is 0 Å². The van der Waals surface area contributed by atoms with Crippen molar-refractivity contribution in [1.29, 1.82) is 0 Å². The average Bonchev–Trinajstić information content (AvgIpc) is 3.04. The predicted molar refractivity (Wildman–Crippen MR) is 111 cm³/mol. The highest BCUT2D eigenvalue weighted by Gasteiger charge is 2.09. The summed E-state index contributed by atoms with van der Waals surface area (Å²) >= 11 is 1.62. The van der Waals surface area contributed by atoms with E-state index in [4.69, 9.17) is 4.74 Å². The van der Waals surface area contributed by atoms with E-state index in [0.29, 0.717) is 12.5 Å². The fourth-order valence-corrected chi connectivity index (χ4v) is 3.27. The van der Waals surface area contributed by atoms with Crippen LogP contribution in [0.15, 0.2) is 64.9 Å². The van der Waals surface area contributed by atoms with Gasteiger partial charge in [0, 0.05) is 11.3 Å². The summed E-state index contributed by atoms with van der Waals surface area (Å²) in [5.74, 6) is 2.88. The molecule has 6 heteroatoms. The monoisotopic (exact) mass is 380 g/mol. The lowest BCUT2D eigenvalue weighted by atomic mass is 10.2. The summed E-state index contributed by atoms with van der Waals surface area (Å²) in [6, 6.07) is 18.2. The molecule has 0 radical (unpaired) electrons. The van der Waals surface area contributed by atoms with E-state index in [0.717, 1.165) is 28.0 Å². The third kappa shape index (κ3) is 5.44. The zero-order chi connectivity index (χ0) is 19.1. The smallest absolute Gasteiger partial charge is 0.212 e. The lowest BCUT2D eigenvalue weighted by Crippen LogP contribution is -2.06. The average molecular weight is 381 g/mol. The van der Waals surface area contributed by atoms with Gasteiger partial charge in [-0.25, -0.2) is 0 Å². The van der Waals surface area contributed by atoms with Crippen molar-refractivity contribution in [1.82, 2.24) is 14.9 Å². The van der Waals surface area contributed by atoms with Crippen LogP contribution in [0.5, 0.6) is 5.75 Å². The molecule has 0 unspecified atom stereocenters. The van der Waals surface area contributed by atoms with Gasteiger partial charge in [-0.05, 0) is 30.5 Å². The molecule has 0 aliphatic carbocycles. The Kier molecular flexibility index (Phi) is 6.65. The minimum Gasteiger partial charge on any atom is -0.493 e. The van der Waals surface area contributed by atoms with Gasteiger partial charge in [0.05, 0.1) is 12.8 Å². The second kappa shape index (κ2) is 9.37. The molecule has 140 valence electrons. The molecule has 0 amide bonds. The molecule has 0 N–H and O–H groups in total. The first-order chi connectivity index (χ1) is 13.1. The largest absolute Gasteiger partial charge is 0.493 e. The molecule has 0 saturated heterocycles. The second-order valence-corrected chi connectivity index (χ2v) is 7.55. The van der Waals surface area contributed by atoms with Gasteiger partial charge in [0.15, 0.2) is 5.82 Å². The quantitative estimate of drug-likeness (QED) is 0.416. The van der Waals surface area contributed by atoms with Gasteiger partial charge in [0.2, 0.25) is 5.16 Å². The first-order valence-corrected chi connectivity index (χ1v) is 9.97. The van der Waals surface area contributed by atoms with Crippen molar-refractivity contribution in [2.24, 2.45) is 11.0 Å². The first kappa shape index (κ1) is 19.2. The van der Waals surface area contributed by atoms with E-state index >= 15 is 0 Å². The Bertz CT molecular complexity index is 890. The number of ether oxygens (including phenoxy) is 1. The van der Waals surface area contributed by atoms with Crippen LogP contribution < -0.4 is 4.74 Å². The van der Waals surface area contributed by atoms with Gasteiger partial charge in [0.1, 0.15) is 5.75 Å². The van der Waals surface area contributed by atoms with Gasteiger partial charge in [-0.3, -0.25) is 0 Å². The molecule has 3 aromatic rings. The highest BCUT2D eigenvalue weighted by molar-refractivity contribution is 7.98. The maximum Gasteiger partial charge on any atom is 0.212 e. The summed E-state index contributed by atoms with van der Waals surface area (Å²) in [6.45, 7) is 6.84. The lowest BCUT2D eigenvalue weighted by Gasteiger charge is -2.10. The van der Waals surface area contributed by atoms with Gasteiger partial charge >= 0.3 is 0 Å². The molecule has 27 heavy (non-hydrogen) atoms. The normalized spacial score (nSPS) is 11.4. The third-order valence-electron chi connectivity index (χ3n) is 3.78. The number of rotatable bonds is 8. The zero-order valence-corrected chi connectivity index (χ0v) is 16.7. The van der Waals surface area contributed by atoms with Crippen LogP contribution >= 0.6 is 11.8 Å². The molecule has 5 nitrogen and oxygen atoms in total. The Morgan fingerprint density at radius 2 is 1.81 bits per heavy atom. The molecule has 1 aromatic heterocycles. The van der Waals surface area contributed by atoms with Crippen LogP contribution in [-0.2, 0) is 5.75 Å². The van der Waals surface area contributed by atoms with Crippen molar-refractivity contribution in [2.75, 3.05) is 6.61 Å². The van der Waals surface area contributed by atoms with Crippen molar-refractivity contribution in [2.45, 2.75) is 31.7 Å². The van der Waals surface area contributed by atoms with Crippen LogP contribution in [0.1, 0.15) is 30.8 Å². The Morgan fingerprint density at radius 1 is 1.07 bits per heavy atom. The molecule has 3 rings (SSSR count). The summed E-state index contributed by atoms with van der Waals surface area (Å²) in [7, 11) is 0. The fourth-order valence-electron chi connectivity index (χ4n) is 2.38. The van der Waals surface area contributed by atoms with E-state index in [1.807, 2.05) is 49.4 Å². The van der Waals surface area contributed by atoms with E-state index in [9.17, 15) is 0 Å². The minimum absolute atomic E-state index is 0.469. The van der Waals surface area contributed by atoms with Gasteiger partial charge in [-0.2, -0.15) is 9.78 Å². The number of aryl methyl sites for hydroxylation is 1. The highest BCUT2D eigenvalue weighted by Crippen LogP contribution is 2.22. The van der Waals surface area contributed by atoms with Gasteiger partial charge < -0.3 is 4.74 Å². The number of aromatic nitrogens is 3. The number of para-hydroxylation sites is 1. The van der Waals surface area contributed by atoms with Crippen molar-refractivity contribution in [3.63, 3.8) is 0 Å². The Morgan fingerprint density at radius 3 is 2.59 bits per heavy atom. The van der Waals surface area contributed by atoms with Crippen molar-refractivity contribution >= 4 is 18.0 Å². The second-order valence-electron chi connectivity index (χ2n) is 6.60. The molecule has 0 spiro atoms. The Labute approximate surface area is 164 Å². The molecular weight excluding hydrogens is 356 g/mol. The van der Waals surface area contributed by atoms with E-state index in [-0.39, 0.29) is 0 Å². The summed E-state index contributed by atoms with van der Waals surface area (Å²) in [4.78, 5) is 0. The molecule has 0 atom stereocenters. The summed E-state index contributed by atoms with van der Waals surface area (Å²) in [6.07, 6.45) is 1.80. The predicted octanol–water partition coefficient (Wildman–Crippen LogP) is 4.80. The van der Waals surface area contributed by atoms with Gasteiger partial charge in [-0.1, -0.05) is 68.1 Å². The third-order valence-corrected chi connectivity index (χ3v) is 4.77. The van der Waals surface area contributed by atoms with E-state index in [2.05, 4.69) is 41.3 Å². The minimum atomic E-state index is 0.469. The topological polar surface area (TPSA) is 52.3 Å². The summed E-state index contributed by atoms with van der Waals surface area (Å²) < 4.78 is 7.67. The first-order valence-electron chi connectivity index (χ1n) is 8.98. The summed E-state index contributed by atoms with van der Waals surface area (Å²) in [5, 5.41) is 13.8. The van der Waals surface area contributed by atoms with E-state index in [1.54, 1.807) is 22.7 Å². The standard InChI is InChI=1S/C21H24N4OS/c1-16(2)14-26-20-12-8-7-11-19(20)13-22-25-17(3)23-24-21(25)27-15-18-9-5-4-6-10-18/h4-13,16H,14-15H2,1-3H3/b22-13-. The van der Waals surface area contributed by atoms with Crippen molar-refractivity contribution in [3.8, 4) is 5.75 Å². The molecule has 2 aromatic carbocycles. The Hall–Kier alpha value is -2.60. The molecule has 0 bridgehead atoms. The van der Waals surface area contributed by atoms with Crippen LogP contribution in [0, 0.1) is 12.8 Å². The number of hydrogen-bond acceptors (Lipinski definition) is 5. The van der Waals surface area contributed by atoms with Crippen LogP contribution in [0.3, 0.4) is 0 Å². The maximum absolute atomic E-state index is 5.90. The van der Waals surface area contributed by atoms with Gasteiger partial charge in [-0.15, -0.1) is 10.2 Å². The van der Waals surface area contributed by atoms with Gasteiger partial charge in [0.25, 0.3) is 0 Å². The molecule has 1 heterocycles. The highest BCUT2D eigenvalue weighted by atomic mass is 32.2. The molecule has 0 fully saturated rings. The van der Waals surface area contributed by atoms with Crippen molar-refractivity contribution < 1.29 is 4.74 Å². The Balaban J connectivity index is 1.75. The molecule has 0 saturated carbocycles.